The van der Waals surface area contributed by atoms with Crippen molar-refractivity contribution >= 4 is 17.9 Å². The quantitative estimate of drug-likeness (QED) is 0.0348. The van der Waals surface area contributed by atoms with Gasteiger partial charge in [0.25, 0.3) is 0 Å². The van der Waals surface area contributed by atoms with Crippen LogP contribution in [0.3, 0.4) is 0 Å². The average Bonchev–Trinajstić information content (AvgIpc) is 3.17. The summed E-state index contributed by atoms with van der Waals surface area (Å²) in [5.74, 6) is -0.0590. The standard InChI is InChI=1S/C49H94O6/c1-5-7-9-11-13-15-17-18-19-20-21-22-24-29-33-37-41-48(51)54-44-46(43-53-47(50)40-36-32-28-23-16-14-12-10-8-6-2)55-49(52)42-38-34-30-26-25-27-31-35-39-45(3)4/h45-46H,5-44H2,1-4H3/t46-/m0/s1. The predicted molar refractivity (Wildman–Crippen MR) is 233 cm³/mol. The first-order chi connectivity index (χ1) is 26.9. The van der Waals surface area contributed by atoms with Gasteiger partial charge in [-0.2, -0.15) is 0 Å². The molecule has 0 aromatic carbocycles. The number of esters is 3. The Balaban J connectivity index is 4.27. The Morgan fingerprint density at radius 3 is 0.891 bits per heavy atom. The predicted octanol–water partition coefficient (Wildman–Crippen LogP) is 15.5. The average molecular weight is 779 g/mol. The highest BCUT2D eigenvalue weighted by atomic mass is 16.6. The van der Waals surface area contributed by atoms with Crippen LogP contribution in [0.25, 0.3) is 0 Å². The summed E-state index contributed by atoms with van der Waals surface area (Å²) in [6, 6.07) is 0. The molecule has 0 aromatic heterocycles. The minimum absolute atomic E-state index is 0.0637. The number of carbonyl (C=O) groups excluding carboxylic acids is 3. The maximum absolute atomic E-state index is 12.7. The van der Waals surface area contributed by atoms with Crippen molar-refractivity contribution in [1.29, 1.82) is 0 Å². The highest BCUT2D eigenvalue weighted by Gasteiger charge is 2.19. The van der Waals surface area contributed by atoms with E-state index in [-0.39, 0.29) is 31.1 Å². The molecule has 0 saturated carbocycles. The van der Waals surface area contributed by atoms with Crippen LogP contribution in [0, 0.1) is 5.92 Å². The number of hydrogen-bond donors (Lipinski definition) is 0. The molecule has 0 heterocycles. The van der Waals surface area contributed by atoms with Gasteiger partial charge in [0.15, 0.2) is 6.10 Å². The van der Waals surface area contributed by atoms with Gasteiger partial charge in [0.1, 0.15) is 13.2 Å². The Bertz CT molecular complexity index is 826. The van der Waals surface area contributed by atoms with E-state index in [0.29, 0.717) is 19.3 Å². The molecule has 55 heavy (non-hydrogen) atoms. The third-order valence-electron chi connectivity index (χ3n) is 11.0. The summed E-state index contributed by atoms with van der Waals surface area (Å²) in [5, 5.41) is 0. The van der Waals surface area contributed by atoms with Crippen molar-refractivity contribution in [2.45, 2.75) is 278 Å². The fraction of sp³-hybridized carbons (Fsp3) is 0.939. The van der Waals surface area contributed by atoms with E-state index < -0.39 is 6.10 Å². The monoisotopic (exact) mass is 779 g/mol. The van der Waals surface area contributed by atoms with Crippen LogP contribution in [0.4, 0.5) is 0 Å². The van der Waals surface area contributed by atoms with E-state index >= 15 is 0 Å². The second-order valence-corrected chi connectivity index (χ2v) is 17.2. The third-order valence-corrected chi connectivity index (χ3v) is 11.0. The van der Waals surface area contributed by atoms with E-state index in [1.54, 1.807) is 0 Å². The van der Waals surface area contributed by atoms with E-state index in [4.69, 9.17) is 14.2 Å². The summed E-state index contributed by atoms with van der Waals surface area (Å²) in [4.78, 5) is 37.8. The van der Waals surface area contributed by atoms with E-state index in [9.17, 15) is 14.4 Å². The van der Waals surface area contributed by atoms with Gasteiger partial charge in [-0.3, -0.25) is 14.4 Å². The Labute approximate surface area is 342 Å². The van der Waals surface area contributed by atoms with Gasteiger partial charge < -0.3 is 14.2 Å². The molecule has 6 nitrogen and oxygen atoms in total. The summed E-state index contributed by atoms with van der Waals surface area (Å²) in [6.45, 7) is 8.97. The fourth-order valence-corrected chi connectivity index (χ4v) is 7.33. The summed E-state index contributed by atoms with van der Waals surface area (Å²) in [5.41, 5.74) is 0. The molecule has 0 fully saturated rings. The molecule has 0 saturated heterocycles. The topological polar surface area (TPSA) is 78.9 Å². The molecule has 0 aliphatic heterocycles. The number of unbranched alkanes of at least 4 members (excludes halogenated alkanes) is 31. The Hall–Kier alpha value is -1.59. The van der Waals surface area contributed by atoms with Gasteiger partial charge in [0, 0.05) is 19.3 Å². The molecule has 1 atom stereocenters. The molecule has 0 aliphatic rings. The van der Waals surface area contributed by atoms with Crippen molar-refractivity contribution < 1.29 is 28.6 Å². The molecular weight excluding hydrogens is 685 g/mol. The van der Waals surface area contributed by atoms with E-state index in [0.717, 1.165) is 63.7 Å². The summed E-state index contributed by atoms with van der Waals surface area (Å²) in [7, 11) is 0. The van der Waals surface area contributed by atoms with Gasteiger partial charge >= 0.3 is 17.9 Å². The molecular formula is C49H94O6. The van der Waals surface area contributed by atoms with Crippen LogP contribution >= 0.6 is 0 Å². The first-order valence-corrected chi connectivity index (χ1v) is 24.4. The van der Waals surface area contributed by atoms with E-state index in [1.807, 2.05) is 0 Å². The van der Waals surface area contributed by atoms with Crippen molar-refractivity contribution in [3.8, 4) is 0 Å². The molecule has 0 aliphatic carbocycles. The lowest BCUT2D eigenvalue weighted by Crippen LogP contribution is -2.30. The zero-order valence-corrected chi connectivity index (χ0v) is 37.4. The zero-order chi connectivity index (χ0) is 40.3. The summed E-state index contributed by atoms with van der Waals surface area (Å²) >= 11 is 0. The number of carbonyl (C=O) groups is 3. The Kier molecular flexibility index (Phi) is 42.3. The SMILES string of the molecule is CCCCCCCCCCCCCCCCCCC(=O)OC[C@H](COC(=O)CCCCCCCCCCCC)OC(=O)CCCCCCCCCCC(C)C. The molecule has 0 radical (unpaired) electrons. The van der Waals surface area contributed by atoms with Crippen molar-refractivity contribution in [1.82, 2.24) is 0 Å². The van der Waals surface area contributed by atoms with Gasteiger partial charge in [0.05, 0.1) is 0 Å². The number of rotatable bonds is 44. The number of hydrogen-bond acceptors (Lipinski definition) is 6. The Morgan fingerprint density at radius 2 is 0.600 bits per heavy atom. The van der Waals surface area contributed by atoms with Crippen molar-refractivity contribution in [2.24, 2.45) is 5.92 Å². The lowest BCUT2D eigenvalue weighted by molar-refractivity contribution is -0.167. The molecule has 0 rings (SSSR count). The van der Waals surface area contributed by atoms with E-state index in [2.05, 4.69) is 27.7 Å². The van der Waals surface area contributed by atoms with Gasteiger partial charge in [-0.15, -0.1) is 0 Å². The van der Waals surface area contributed by atoms with Crippen LogP contribution < -0.4 is 0 Å². The summed E-state index contributed by atoms with van der Waals surface area (Å²) in [6.07, 6.45) is 43.8. The van der Waals surface area contributed by atoms with Gasteiger partial charge in [0.2, 0.25) is 0 Å². The molecule has 0 aromatic rings. The molecule has 0 spiro atoms. The maximum atomic E-state index is 12.7. The van der Waals surface area contributed by atoms with Crippen LogP contribution in [-0.2, 0) is 28.6 Å². The van der Waals surface area contributed by atoms with Crippen molar-refractivity contribution in [3.05, 3.63) is 0 Å². The second-order valence-electron chi connectivity index (χ2n) is 17.2. The normalized spacial score (nSPS) is 11.9. The second kappa shape index (κ2) is 43.5. The highest BCUT2D eigenvalue weighted by molar-refractivity contribution is 5.71. The van der Waals surface area contributed by atoms with E-state index in [1.165, 1.54) is 167 Å². The van der Waals surface area contributed by atoms with Crippen LogP contribution in [0.15, 0.2) is 0 Å². The van der Waals surface area contributed by atoms with Gasteiger partial charge in [-0.25, -0.2) is 0 Å². The lowest BCUT2D eigenvalue weighted by Gasteiger charge is -2.18. The molecule has 0 amide bonds. The van der Waals surface area contributed by atoms with Gasteiger partial charge in [-0.05, 0) is 25.2 Å². The Morgan fingerprint density at radius 1 is 0.345 bits per heavy atom. The number of ether oxygens (including phenoxy) is 3. The maximum Gasteiger partial charge on any atom is 0.306 e. The molecule has 0 unspecified atom stereocenters. The summed E-state index contributed by atoms with van der Waals surface area (Å²) < 4.78 is 16.7. The smallest absolute Gasteiger partial charge is 0.306 e. The van der Waals surface area contributed by atoms with Crippen LogP contribution in [0.1, 0.15) is 272 Å². The largest absolute Gasteiger partial charge is 0.462 e. The molecule has 6 heteroatoms. The molecule has 0 N–H and O–H groups in total. The van der Waals surface area contributed by atoms with Gasteiger partial charge in [-0.1, -0.05) is 233 Å². The minimum Gasteiger partial charge on any atom is -0.462 e. The first kappa shape index (κ1) is 53.4. The molecule has 0 bridgehead atoms. The third kappa shape index (κ3) is 43.4. The van der Waals surface area contributed by atoms with Crippen molar-refractivity contribution in [2.75, 3.05) is 13.2 Å². The van der Waals surface area contributed by atoms with Crippen LogP contribution in [0.2, 0.25) is 0 Å². The molecule has 326 valence electrons. The fourth-order valence-electron chi connectivity index (χ4n) is 7.33. The van der Waals surface area contributed by atoms with Crippen molar-refractivity contribution in [3.63, 3.8) is 0 Å². The highest BCUT2D eigenvalue weighted by Crippen LogP contribution is 2.16. The van der Waals surface area contributed by atoms with Crippen LogP contribution in [0.5, 0.6) is 0 Å². The minimum atomic E-state index is -0.759. The van der Waals surface area contributed by atoms with Crippen LogP contribution in [-0.4, -0.2) is 37.2 Å². The lowest BCUT2D eigenvalue weighted by atomic mass is 10.0. The first-order valence-electron chi connectivity index (χ1n) is 24.4. The zero-order valence-electron chi connectivity index (χ0n) is 37.4.